The Hall–Kier alpha value is -2.13. The molecule has 9 heteroatoms. The van der Waals surface area contributed by atoms with Gasteiger partial charge in [0.15, 0.2) is 0 Å². The molecule has 1 aromatic rings. The summed E-state index contributed by atoms with van der Waals surface area (Å²) in [6.07, 6.45) is 9.67. The van der Waals surface area contributed by atoms with E-state index in [0.717, 1.165) is 30.4 Å². The van der Waals surface area contributed by atoms with Crippen LogP contribution in [0.3, 0.4) is 0 Å². The van der Waals surface area contributed by atoms with Crippen molar-refractivity contribution in [1.29, 1.82) is 0 Å². The van der Waals surface area contributed by atoms with Crippen molar-refractivity contribution >= 4 is 45.3 Å². The number of hydrogen-bond acceptors (Lipinski definition) is 6. The topological polar surface area (TPSA) is 88.2 Å². The third-order valence-electron chi connectivity index (χ3n) is 7.18. The van der Waals surface area contributed by atoms with Gasteiger partial charge in [0.05, 0.1) is 18.0 Å². The fourth-order valence-corrected chi connectivity index (χ4v) is 5.84. The normalized spacial score (nSPS) is 18.2. The minimum atomic E-state index is -0.664. The van der Waals surface area contributed by atoms with Crippen LogP contribution in [0.15, 0.2) is 22.7 Å². The maximum atomic E-state index is 13.6. The predicted octanol–water partition coefficient (Wildman–Crippen LogP) is 6.66. The van der Waals surface area contributed by atoms with Gasteiger partial charge in [0.1, 0.15) is 12.0 Å². The minimum absolute atomic E-state index is 0.102. The van der Waals surface area contributed by atoms with Crippen molar-refractivity contribution in [2.24, 2.45) is 0 Å². The third-order valence-corrected chi connectivity index (χ3v) is 7.67. The zero-order chi connectivity index (χ0) is 27.7. The van der Waals surface area contributed by atoms with Crippen molar-refractivity contribution in [3.05, 3.63) is 22.7 Å². The lowest BCUT2D eigenvalue weighted by Crippen LogP contribution is -2.50. The number of likely N-dealkylation sites (tertiary alicyclic amines) is 1. The molecule has 0 aromatic heterocycles. The van der Waals surface area contributed by atoms with Crippen LogP contribution in [-0.2, 0) is 19.1 Å². The SMILES string of the molecule is CCOC(=O)CC(=O)N(c1cc(Br)ccc1NC(=O)OC(C)(C)C)C1CCN(C2CCCCCCC2)CC1. The van der Waals surface area contributed by atoms with Gasteiger partial charge in [-0.2, -0.15) is 0 Å². The smallest absolute Gasteiger partial charge is 0.412 e. The number of benzene rings is 1. The van der Waals surface area contributed by atoms with Gasteiger partial charge in [-0.3, -0.25) is 14.9 Å². The lowest BCUT2D eigenvalue weighted by molar-refractivity contribution is -0.145. The second kappa shape index (κ2) is 14.3. The van der Waals surface area contributed by atoms with Crippen molar-refractivity contribution in [2.75, 3.05) is 29.9 Å². The molecule has 1 heterocycles. The quantitative estimate of drug-likeness (QED) is 0.281. The highest BCUT2D eigenvalue weighted by molar-refractivity contribution is 9.10. The zero-order valence-electron chi connectivity index (χ0n) is 23.4. The number of rotatable bonds is 7. The van der Waals surface area contributed by atoms with Crippen LogP contribution in [0.2, 0.25) is 0 Å². The number of carbonyl (C=O) groups is 3. The molecule has 0 spiro atoms. The third kappa shape index (κ3) is 9.26. The molecule has 2 aliphatic rings. The Morgan fingerprint density at radius 1 is 1.03 bits per heavy atom. The van der Waals surface area contributed by atoms with E-state index >= 15 is 0 Å². The number of nitrogens with zero attached hydrogens (tertiary/aromatic N) is 2. The summed E-state index contributed by atoms with van der Waals surface area (Å²) in [5.74, 6) is -0.885. The molecule has 2 amide bonds. The summed E-state index contributed by atoms with van der Waals surface area (Å²) in [7, 11) is 0. The van der Waals surface area contributed by atoms with Crippen LogP contribution < -0.4 is 10.2 Å². The highest BCUT2D eigenvalue weighted by atomic mass is 79.9. The molecular weight excluding hydrogens is 550 g/mol. The summed E-state index contributed by atoms with van der Waals surface area (Å²) in [4.78, 5) is 42.9. The Kier molecular flexibility index (Phi) is 11.5. The minimum Gasteiger partial charge on any atom is -0.466 e. The predicted molar refractivity (Wildman–Crippen MR) is 153 cm³/mol. The summed E-state index contributed by atoms with van der Waals surface area (Å²) >= 11 is 3.52. The molecule has 0 unspecified atom stereocenters. The summed E-state index contributed by atoms with van der Waals surface area (Å²) in [6.45, 7) is 9.15. The molecule has 38 heavy (non-hydrogen) atoms. The number of hydrogen-bond donors (Lipinski definition) is 1. The number of carbonyl (C=O) groups excluding carboxylic acids is 3. The molecule has 1 aliphatic heterocycles. The number of anilines is 2. The number of esters is 1. The summed E-state index contributed by atoms with van der Waals surface area (Å²) in [6, 6.07) is 5.88. The Morgan fingerprint density at radius 3 is 2.26 bits per heavy atom. The summed E-state index contributed by atoms with van der Waals surface area (Å²) < 4.78 is 11.3. The summed E-state index contributed by atoms with van der Waals surface area (Å²) in [5, 5.41) is 2.82. The Balaban J connectivity index is 1.84. The maximum Gasteiger partial charge on any atom is 0.412 e. The van der Waals surface area contributed by atoms with Crippen molar-refractivity contribution in [2.45, 2.75) is 110 Å². The van der Waals surface area contributed by atoms with E-state index in [1.165, 1.54) is 44.9 Å². The molecule has 1 aliphatic carbocycles. The van der Waals surface area contributed by atoms with Crippen LogP contribution >= 0.6 is 15.9 Å². The molecule has 2 fully saturated rings. The average Bonchev–Trinajstić information content (AvgIpc) is 2.80. The first kappa shape index (κ1) is 30.4. The van der Waals surface area contributed by atoms with Gasteiger partial charge in [-0.25, -0.2) is 4.79 Å². The standard InChI is InChI=1S/C29H44BrN3O5/c1-5-37-27(35)20-26(34)33(23-15-17-32(18-16-23)22-11-9-7-6-8-10-12-22)25-19-21(30)13-14-24(25)31-28(36)38-29(2,3)4/h13-14,19,22-23H,5-12,15-18,20H2,1-4H3,(H,31,36). The fourth-order valence-electron chi connectivity index (χ4n) is 5.49. The molecule has 212 valence electrons. The maximum absolute atomic E-state index is 13.6. The van der Waals surface area contributed by atoms with Gasteiger partial charge in [0.25, 0.3) is 0 Å². The molecular formula is C29H44BrN3O5. The number of halogens is 1. The van der Waals surface area contributed by atoms with E-state index in [1.807, 2.05) is 6.07 Å². The highest BCUT2D eigenvalue weighted by Gasteiger charge is 2.34. The number of amides is 2. The summed E-state index contributed by atoms with van der Waals surface area (Å²) in [5.41, 5.74) is 0.342. The van der Waals surface area contributed by atoms with Crippen molar-refractivity contribution < 1.29 is 23.9 Å². The molecule has 8 nitrogen and oxygen atoms in total. The molecule has 1 aromatic carbocycles. The fraction of sp³-hybridized carbons (Fsp3) is 0.690. The largest absolute Gasteiger partial charge is 0.466 e. The van der Waals surface area contributed by atoms with Gasteiger partial charge in [-0.15, -0.1) is 0 Å². The lowest BCUT2D eigenvalue weighted by Gasteiger charge is -2.42. The van der Waals surface area contributed by atoms with Gasteiger partial charge in [-0.05, 0) is 71.6 Å². The van der Waals surface area contributed by atoms with E-state index in [0.29, 0.717) is 17.4 Å². The second-order valence-electron chi connectivity index (χ2n) is 11.3. The van der Waals surface area contributed by atoms with Crippen LogP contribution in [0.5, 0.6) is 0 Å². The highest BCUT2D eigenvalue weighted by Crippen LogP contribution is 2.35. The van der Waals surface area contributed by atoms with Crippen molar-refractivity contribution in [3.63, 3.8) is 0 Å². The molecule has 1 N–H and O–H groups in total. The van der Waals surface area contributed by atoms with Gasteiger partial charge < -0.3 is 19.3 Å². The van der Waals surface area contributed by atoms with Gasteiger partial charge >= 0.3 is 12.1 Å². The molecule has 0 radical (unpaired) electrons. The Labute approximate surface area is 235 Å². The van der Waals surface area contributed by atoms with Crippen LogP contribution in [-0.4, -0.2) is 60.3 Å². The first-order valence-electron chi connectivity index (χ1n) is 14.1. The first-order valence-corrected chi connectivity index (χ1v) is 14.9. The van der Waals surface area contributed by atoms with Gasteiger partial charge in [0.2, 0.25) is 5.91 Å². The monoisotopic (exact) mass is 593 g/mol. The molecule has 0 atom stereocenters. The van der Waals surface area contributed by atoms with Crippen molar-refractivity contribution in [3.8, 4) is 0 Å². The van der Waals surface area contributed by atoms with E-state index in [1.54, 1.807) is 44.7 Å². The number of ether oxygens (including phenoxy) is 2. The first-order chi connectivity index (χ1) is 18.1. The van der Waals surface area contributed by atoms with Crippen molar-refractivity contribution in [1.82, 2.24) is 4.90 Å². The van der Waals surface area contributed by atoms with Crippen LogP contribution in [0, 0.1) is 0 Å². The van der Waals surface area contributed by atoms with E-state index in [4.69, 9.17) is 9.47 Å². The molecule has 0 bridgehead atoms. The Morgan fingerprint density at radius 2 is 1.66 bits per heavy atom. The molecule has 3 rings (SSSR count). The van der Waals surface area contributed by atoms with Gasteiger partial charge in [-0.1, -0.05) is 48.0 Å². The van der Waals surface area contributed by atoms with Gasteiger partial charge in [0, 0.05) is 29.6 Å². The number of nitrogens with one attached hydrogen (secondary N) is 1. The lowest BCUT2D eigenvalue weighted by atomic mass is 9.93. The average molecular weight is 595 g/mol. The van der Waals surface area contributed by atoms with E-state index in [-0.39, 0.29) is 25.0 Å². The van der Waals surface area contributed by atoms with Crippen LogP contribution in [0.1, 0.15) is 91.9 Å². The van der Waals surface area contributed by atoms with E-state index < -0.39 is 17.7 Å². The Bertz CT molecular complexity index is 948. The van der Waals surface area contributed by atoms with E-state index in [2.05, 4.69) is 26.1 Å². The van der Waals surface area contributed by atoms with E-state index in [9.17, 15) is 14.4 Å². The van der Waals surface area contributed by atoms with Crippen LogP contribution in [0.4, 0.5) is 16.2 Å². The number of piperidine rings is 1. The second-order valence-corrected chi connectivity index (χ2v) is 12.2. The molecule has 1 saturated heterocycles. The zero-order valence-corrected chi connectivity index (χ0v) is 25.0. The molecule has 1 saturated carbocycles. The van der Waals surface area contributed by atoms with Crippen LogP contribution in [0.25, 0.3) is 0 Å².